The molecular formula is C11H8FIOS. The van der Waals surface area contributed by atoms with E-state index in [0.29, 0.717) is 0 Å². The molecular weight excluding hydrogens is 326 g/mol. The van der Waals surface area contributed by atoms with Crippen molar-refractivity contribution >= 4 is 33.9 Å². The van der Waals surface area contributed by atoms with Crippen LogP contribution in [0.4, 0.5) is 4.39 Å². The molecule has 78 valence electrons. The van der Waals surface area contributed by atoms with Gasteiger partial charge in [-0.2, -0.15) is 11.3 Å². The summed E-state index contributed by atoms with van der Waals surface area (Å²) in [6, 6.07) is 6.28. The van der Waals surface area contributed by atoms with Crippen molar-refractivity contribution in [3.05, 3.63) is 55.5 Å². The summed E-state index contributed by atoms with van der Waals surface area (Å²) in [5, 5.41) is 13.8. The molecule has 15 heavy (non-hydrogen) atoms. The summed E-state index contributed by atoms with van der Waals surface area (Å²) in [5.41, 5.74) is 1.60. The molecule has 0 bridgehead atoms. The quantitative estimate of drug-likeness (QED) is 0.833. The topological polar surface area (TPSA) is 20.2 Å². The van der Waals surface area contributed by atoms with Crippen LogP contribution in [0.3, 0.4) is 0 Å². The van der Waals surface area contributed by atoms with Crippen molar-refractivity contribution in [1.29, 1.82) is 0 Å². The molecule has 1 heterocycles. The van der Waals surface area contributed by atoms with Crippen LogP contribution in [0.2, 0.25) is 0 Å². The molecule has 0 spiro atoms. The molecule has 1 nitrogen and oxygen atoms in total. The smallest absolute Gasteiger partial charge is 0.124 e. The van der Waals surface area contributed by atoms with Crippen molar-refractivity contribution in [2.24, 2.45) is 0 Å². The van der Waals surface area contributed by atoms with Gasteiger partial charge in [-0.05, 0) is 62.7 Å². The van der Waals surface area contributed by atoms with Crippen LogP contribution in [0, 0.1) is 9.39 Å². The number of benzene rings is 1. The molecule has 1 N–H and O–H groups in total. The summed E-state index contributed by atoms with van der Waals surface area (Å²) in [5.74, 6) is -0.277. The maximum Gasteiger partial charge on any atom is 0.124 e. The van der Waals surface area contributed by atoms with Crippen molar-refractivity contribution in [3.63, 3.8) is 0 Å². The van der Waals surface area contributed by atoms with E-state index in [1.165, 1.54) is 23.5 Å². The molecule has 1 unspecified atom stereocenters. The SMILES string of the molecule is OC(c1ccsc1)c1ccc(F)cc1I. The van der Waals surface area contributed by atoms with Gasteiger partial charge >= 0.3 is 0 Å². The van der Waals surface area contributed by atoms with Gasteiger partial charge in [-0.3, -0.25) is 0 Å². The molecule has 0 amide bonds. The van der Waals surface area contributed by atoms with E-state index in [4.69, 9.17) is 0 Å². The van der Waals surface area contributed by atoms with Crippen LogP contribution in [0.1, 0.15) is 17.2 Å². The fourth-order valence-corrected chi connectivity index (χ4v) is 2.78. The fourth-order valence-electron chi connectivity index (χ4n) is 1.33. The third-order valence-corrected chi connectivity index (χ3v) is 3.75. The van der Waals surface area contributed by atoms with Crippen LogP contribution in [0.15, 0.2) is 35.0 Å². The highest BCUT2D eigenvalue weighted by Crippen LogP contribution is 2.27. The van der Waals surface area contributed by atoms with Crippen LogP contribution in [0.5, 0.6) is 0 Å². The summed E-state index contributed by atoms with van der Waals surface area (Å²) in [4.78, 5) is 0. The molecule has 0 saturated heterocycles. The largest absolute Gasteiger partial charge is 0.384 e. The molecule has 4 heteroatoms. The van der Waals surface area contributed by atoms with E-state index in [1.807, 2.05) is 39.4 Å². The average molecular weight is 334 g/mol. The normalized spacial score (nSPS) is 12.7. The summed E-state index contributed by atoms with van der Waals surface area (Å²) >= 11 is 3.56. The Morgan fingerprint density at radius 1 is 1.33 bits per heavy atom. The van der Waals surface area contributed by atoms with Crippen molar-refractivity contribution in [1.82, 2.24) is 0 Å². The van der Waals surface area contributed by atoms with Gasteiger partial charge in [-0.25, -0.2) is 4.39 Å². The summed E-state index contributed by atoms with van der Waals surface area (Å²) < 4.78 is 13.6. The predicted octanol–water partition coefficient (Wildman–Crippen LogP) is 3.57. The minimum absolute atomic E-state index is 0.277. The average Bonchev–Trinajstić information content (AvgIpc) is 2.69. The zero-order chi connectivity index (χ0) is 10.8. The number of thiophene rings is 1. The highest BCUT2D eigenvalue weighted by molar-refractivity contribution is 14.1. The number of hydrogen-bond donors (Lipinski definition) is 1. The second kappa shape index (κ2) is 4.59. The first-order chi connectivity index (χ1) is 7.18. The van der Waals surface area contributed by atoms with E-state index >= 15 is 0 Å². The van der Waals surface area contributed by atoms with E-state index < -0.39 is 6.10 Å². The summed E-state index contributed by atoms with van der Waals surface area (Å²) in [6.07, 6.45) is -0.663. The lowest BCUT2D eigenvalue weighted by atomic mass is 10.0. The lowest BCUT2D eigenvalue weighted by Crippen LogP contribution is -2.00. The second-order valence-corrected chi connectivity index (χ2v) is 5.07. The van der Waals surface area contributed by atoms with Gasteiger partial charge in [0.05, 0.1) is 0 Å². The lowest BCUT2D eigenvalue weighted by Gasteiger charge is -2.11. The zero-order valence-electron chi connectivity index (χ0n) is 7.65. The maximum absolute atomic E-state index is 12.9. The number of aliphatic hydroxyl groups excluding tert-OH is 1. The van der Waals surface area contributed by atoms with Gasteiger partial charge in [0.2, 0.25) is 0 Å². The van der Waals surface area contributed by atoms with Gasteiger partial charge in [-0.1, -0.05) is 6.07 Å². The number of hydrogen-bond acceptors (Lipinski definition) is 2. The minimum Gasteiger partial charge on any atom is -0.384 e. The molecule has 2 aromatic rings. The van der Waals surface area contributed by atoms with Crippen LogP contribution < -0.4 is 0 Å². The lowest BCUT2D eigenvalue weighted by molar-refractivity contribution is 0.220. The fraction of sp³-hybridized carbons (Fsp3) is 0.0909. The highest BCUT2D eigenvalue weighted by Gasteiger charge is 2.14. The van der Waals surface area contributed by atoms with Crippen molar-refractivity contribution in [2.75, 3.05) is 0 Å². The van der Waals surface area contributed by atoms with Gasteiger partial charge in [0.25, 0.3) is 0 Å². The van der Waals surface area contributed by atoms with Crippen LogP contribution in [0.25, 0.3) is 0 Å². The molecule has 0 saturated carbocycles. The third kappa shape index (κ3) is 2.38. The molecule has 0 radical (unpaired) electrons. The number of aliphatic hydroxyl groups is 1. The van der Waals surface area contributed by atoms with E-state index in [0.717, 1.165) is 14.7 Å². The van der Waals surface area contributed by atoms with Crippen molar-refractivity contribution in [3.8, 4) is 0 Å². The minimum atomic E-state index is -0.663. The number of rotatable bonds is 2. The van der Waals surface area contributed by atoms with Gasteiger partial charge in [0.15, 0.2) is 0 Å². The van der Waals surface area contributed by atoms with Gasteiger partial charge in [0.1, 0.15) is 11.9 Å². The molecule has 0 aliphatic heterocycles. The van der Waals surface area contributed by atoms with Gasteiger partial charge < -0.3 is 5.11 Å². The predicted molar refractivity (Wildman–Crippen MR) is 67.5 cm³/mol. The Kier molecular flexibility index (Phi) is 3.38. The van der Waals surface area contributed by atoms with E-state index in [9.17, 15) is 9.50 Å². The molecule has 1 atom stereocenters. The Bertz CT molecular complexity index is 456. The first kappa shape index (κ1) is 11.0. The molecule has 0 aliphatic rings. The van der Waals surface area contributed by atoms with E-state index in [2.05, 4.69) is 0 Å². The molecule has 0 aliphatic carbocycles. The van der Waals surface area contributed by atoms with Crippen molar-refractivity contribution in [2.45, 2.75) is 6.10 Å². The molecule has 0 fully saturated rings. The molecule has 1 aromatic carbocycles. The summed E-state index contributed by atoms with van der Waals surface area (Å²) in [7, 11) is 0. The Hall–Kier alpha value is -0.460. The zero-order valence-corrected chi connectivity index (χ0v) is 10.6. The monoisotopic (exact) mass is 334 g/mol. The second-order valence-electron chi connectivity index (χ2n) is 3.13. The van der Waals surface area contributed by atoms with Crippen LogP contribution >= 0.6 is 33.9 Å². The van der Waals surface area contributed by atoms with Crippen molar-refractivity contribution < 1.29 is 9.50 Å². The first-order valence-electron chi connectivity index (χ1n) is 4.33. The van der Waals surface area contributed by atoms with Crippen LogP contribution in [-0.4, -0.2) is 5.11 Å². The standard InChI is InChI=1S/C11H8FIOS/c12-8-1-2-9(10(13)5-8)11(14)7-3-4-15-6-7/h1-6,11,14H. The Morgan fingerprint density at radius 2 is 2.13 bits per heavy atom. The van der Waals surface area contributed by atoms with E-state index in [1.54, 1.807) is 6.07 Å². The van der Waals surface area contributed by atoms with Crippen LogP contribution in [-0.2, 0) is 0 Å². The number of halogens is 2. The maximum atomic E-state index is 12.9. The first-order valence-corrected chi connectivity index (χ1v) is 6.36. The Labute approximate surface area is 105 Å². The van der Waals surface area contributed by atoms with Gasteiger partial charge in [-0.15, -0.1) is 0 Å². The Morgan fingerprint density at radius 3 is 2.73 bits per heavy atom. The van der Waals surface area contributed by atoms with E-state index in [-0.39, 0.29) is 5.82 Å². The molecule has 1 aromatic heterocycles. The highest BCUT2D eigenvalue weighted by atomic mass is 127. The summed E-state index contributed by atoms with van der Waals surface area (Å²) in [6.45, 7) is 0. The molecule has 2 rings (SSSR count). The Balaban J connectivity index is 2.38. The van der Waals surface area contributed by atoms with Gasteiger partial charge in [0, 0.05) is 3.57 Å². The third-order valence-electron chi connectivity index (χ3n) is 2.12.